The zero-order valence-corrected chi connectivity index (χ0v) is 19.8. The van der Waals surface area contributed by atoms with Gasteiger partial charge < -0.3 is 20.6 Å². The number of anilines is 1. The Labute approximate surface area is 202 Å². The molecule has 3 N–H and O–H groups in total. The molecule has 9 heteroatoms. The van der Waals surface area contributed by atoms with Crippen LogP contribution in [0.5, 0.6) is 0 Å². The molecule has 2 aliphatic rings. The first-order valence-electron chi connectivity index (χ1n) is 10.5. The number of likely N-dealkylation sites (N-methyl/N-ethyl adjacent to an activating group) is 1. The summed E-state index contributed by atoms with van der Waals surface area (Å²) in [6.45, 7) is 0. The van der Waals surface area contributed by atoms with Crippen molar-refractivity contribution in [2.45, 2.75) is 44.0 Å². The highest BCUT2D eigenvalue weighted by Gasteiger charge is 2.31. The van der Waals surface area contributed by atoms with Gasteiger partial charge in [-0.25, -0.2) is 4.99 Å². The molecule has 1 fully saturated rings. The SMILES string of the molecule is CN1C(=O)[C@H](NC(=S)NC2CCC(O)CC2)N=C(c2ccccc2Cl)c2cc(Cl)ccc21. The Bertz CT molecular complexity index is 1070. The Kier molecular flexibility index (Phi) is 7.00. The maximum Gasteiger partial charge on any atom is 0.272 e. The van der Waals surface area contributed by atoms with Gasteiger partial charge in [-0.3, -0.25) is 4.79 Å². The van der Waals surface area contributed by atoms with Gasteiger partial charge in [0.1, 0.15) is 0 Å². The molecular weight excluding hydrogens is 467 g/mol. The number of carbonyl (C=O) groups is 1. The standard InChI is InChI=1S/C23H24Cl2N4O2S/c1-29-19-11-6-13(24)12-17(19)20(16-4-2-3-5-18(16)25)27-21(22(29)31)28-23(32)26-14-7-9-15(30)10-8-14/h2-6,11-12,14-15,21,30H,7-10H2,1H3,(H2,26,28,32)/t14?,15?,21-/m0/s1. The predicted molar refractivity (Wildman–Crippen MR) is 133 cm³/mol. The van der Waals surface area contributed by atoms with E-state index in [2.05, 4.69) is 10.6 Å². The Balaban J connectivity index is 1.67. The Morgan fingerprint density at radius 3 is 2.53 bits per heavy atom. The van der Waals surface area contributed by atoms with E-state index in [1.165, 1.54) is 0 Å². The molecule has 32 heavy (non-hydrogen) atoms. The number of amides is 1. The van der Waals surface area contributed by atoms with Crippen molar-refractivity contribution in [2.24, 2.45) is 4.99 Å². The lowest BCUT2D eigenvalue weighted by atomic mass is 9.93. The van der Waals surface area contributed by atoms with Gasteiger partial charge in [-0.2, -0.15) is 0 Å². The Morgan fingerprint density at radius 2 is 1.81 bits per heavy atom. The van der Waals surface area contributed by atoms with Gasteiger partial charge in [-0.05, 0) is 62.2 Å². The smallest absolute Gasteiger partial charge is 0.272 e. The fourth-order valence-electron chi connectivity index (χ4n) is 4.08. The lowest BCUT2D eigenvalue weighted by molar-refractivity contribution is -0.119. The van der Waals surface area contributed by atoms with E-state index in [1.807, 2.05) is 18.2 Å². The van der Waals surface area contributed by atoms with Gasteiger partial charge in [-0.1, -0.05) is 41.4 Å². The van der Waals surface area contributed by atoms with E-state index in [9.17, 15) is 9.90 Å². The first-order chi connectivity index (χ1) is 15.3. The summed E-state index contributed by atoms with van der Waals surface area (Å²) in [6, 6.07) is 12.8. The Morgan fingerprint density at radius 1 is 1.09 bits per heavy atom. The number of nitrogens with zero attached hydrogens (tertiary/aromatic N) is 2. The van der Waals surface area contributed by atoms with Crippen molar-refractivity contribution in [3.63, 3.8) is 0 Å². The minimum atomic E-state index is -0.938. The van der Waals surface area contributed by atoms with Crippen molar-refractivity contribution in [1.29, 1.82) is 0 Å². The lowest BCUT2D eigenvalue weighted by Gasteiger charge is -2.28. The molecule has 1 heterocycles. The first-order valence-corrected chi connectivity index (χ1v) is 11.6. The van der Waals surface area contributed by atoms with Crippen LogP contribution in [0, 0.1) is 0 Å². The van der Waals surface area contributed by atoms with Gasteiger partial charge in [0.25, 0.3) is 5.91 Å². The van der Waals surface area contributed by atoms with Crippen molar-refractivity contribution in [3.8, 4) is 0 Å². The van der Waals surface area contributed by atoms with E-state index >= 15 is 0 Å². The third-order valence-electron chi connectivity index (χ3n) is 5.83. The maximum atomic E-state index is 13.3. The number of aliphatic hydroxyl groups excluding tert-OH is 1. The van der Waals surface area contributed by atoms with Crippen molar-refractivity contribution < 1.29 is 9.90 Å². The molecular formula is C23H24Cl2N4O2S. The summed E-state index contributed by atoms with van der Waals surface area (Å²) in [4.78, 5) is 19.6. The van der Waals surface area contributed by atoms with E-state index < -0.39 is 6.17 Å². The normalized spacial score (nSPS) is 23.1. The van der Waals surface area contributed by atoms with Crippen LogP contribution in [-0.4, -0.2) is 47.2 Å². The van der Waals surface area contributed by atoms with Crippen LogP contribution in [0.2, 0.25) is 10.0 Å². The number of hydrogen-bond acceptors (Lipinski definition) is 4. The summed E-state index contributed by atoms with van der Waals surface area (Å²) in [6.07, 6.45) is 1.91. The largest absolute Gasteiger partial charge is 0.393 e. The highest BCUT2D eigenvalue weighted by atomic mass is 35.5. The van der Waals surface area contributed by atoms with Crippen LogP contribution in [0.25, 0.3) is 0 Å². The van der Waals surface area contributed by atoms with Gasteiger partial charge in [0.15, 0.2) is 5.11 Å². The average molecular weight is 491 g/mol. The van der Waals surface area contributed by atoms with E-state index in [-0.39, 0.29) is 18.1 Å². The second-order valence-corrected chi connectivity index (χ2v) is 9.29. The summed E-state index contributed by atoms with van der Waals surface area (Å²) in [7, 11) is 1.70. The number of aliphatic hydroxyl groups is 1. The molecule has 0 unspecified atom stereocenters. The topological polar surface area (TPSA) is 77.0 Å². The number of hydrogen-bond donors (Lipinski definition) is 3. The zero-order chi connectivity index (χ0) is 22.8. The average Bonchev–Trinajstić information content (AvgIpc) is 2.86. The fraction of sp³-hybridized carbons (Fsp3) is 0.348. The molecule has 0 spiro atoms. The second-order valence-electron chi connectivity index (χ2n) is 8.04. The van der Waals surface area contributed by atoms with Crippen LogP contribution in [-0.2, 0) is 4.79 Å². The minimum absolute atomic E-state index is 0.153. The van der Waals surface area contributed by atoms with Gasteiger partial charge in [0, 0.05) is 34.3 Å². The monoisotopic (exact) mass is 490 g/mol. The number of rotatable bonds is 3. The quantitative estimate of drug-likeness (QED) is 0.568. The van der Waals surface area contributed by atoms with E-state index in [4.69, 9.17) is 40.4 Å². The lowest BCUT2D eigenvalue weighted by Crippen LogP contribution is -2.51. The summed E-state index contributed by atoms with van der Waals surface area (Å²) in [5.41, 5.74) is 2.66. The van der Waals surface area contributed by atoms with Crippen molar-refractivity contribution in [1.82, 2.24) is 10.6 Å². The number of benzene rings is 2. The highest BCUT2D eigenvalue weighted by molar-refractivity contribution is 7.80. The van der Waals surface area contributed by atoms with Crippen LogP contribution in [0.4, 0.5) is 5.69 Å². The summed E-state index contributed by atoms with van der Waals surface area (Å²) >= 11 is 18.3. The number of aliphatic imine (C=N–C) groups is 1. The molecule has 0 bridgehead atoms. The molecule has 0 radical (unpaired) electrons. The van der Waals surface area contributed by atoms with Crippen molar-refractivity contribution in [2.75, 3.05) is 11.9 Å². The number of benzodiazepines with no additional fused rings is 1. The van der Waals surface area contributed by atoms with Gasteiger partial charge in [0.2, 0.25) is 6.17 Å². The van der Waals surface area contributed by atoms with E-state index in [0.29, 0.717) is 37.7 Å². The molecule has 1 saturated carbocycles. The molecule has 1 aliphatic heterocycles. The Hall–Kier alpha value is -2.19. The molecule has 2 aromatic rings. The number of fused-ring (bicyclic) bond motifs is 1. The molecule has 6 nitrogen and oxygen atoms in total. The molecule has 1 aliphatic carbocycles. The molecule has 1 amide bonds. The van der Waals surface area contributed by atoms with Crippen molar-refractivity contribution >= 4 is 57.8 Å². The molecule has 0 aromatic heterocycles. The summed E-state index contributed by atoms with van der Waals surface area (Å²) < 4.78 is 0. The molecule has 0 saturated heterocycles. The number of nitrogens with one attached hydrogen (secondary N) is 2. The van der Waals surface area contributed by atoms with Crippen LogP contribution < -0.4 is 15.5 Å². The van der Waals surface area contributed by atoms with Crippen LogP contribution in [0.15, 0.2) is 47.5 Å². The highest BCUT2D eigenvalue weighted by Crippen LogP contribution is 2.31. The molecule has 1 atom stereocenters. The fourth-order valence-corrected chi connectivity index (χ4v) is 4.76. The summed E-state index contributed by atoms with van der Waals surface area (Å²) in [5.74, 6) is -0.251. The van der Waals surface area contributed by atoms with E-state index in [0.717, 1.165) is 25.7 Å². The third-order valence-corrected chi connectivity index (χ3v) is 6.63. The predicted octanol–water partition coefficient (Wildman–Crippen LogP) is 3.90. The maximum absolute atomic E-state index is 13.3. The number of thiocarbonyl (C=S) groups is 1. The van der Waals surface area contributed by atoms with Crippen molar-refractivity contribution in [3.05, 3.63) is 63.6 Å². The zero-order valence-electron chi connectivity index (χ0n) is 17.5. The van der Waals surface area contributed by atoms with E-state index in [1.54, 1.807) is 36.2 Å². The third kappa shape index (κ3) is 4.91. The molecule has 4 rings (SSSR count). The summed E-state index contributed by atoms with van der Waals surface area (Å²) in [5, 5.41) is 17.5. The first kappa shape index (κ1) is 23.0. The van der Waals surface area contributed by atoms with Crippen LogP contribution >= 0.6 is 35.4 Å². The van der Waals surface area contributed by atoms with Crippen LogP contribution in [0.1, 0.15) is 36.8 Å². The van der Waals surface area contributed by atoms with Gasteiger partial charge >= 0.3 is 0 Å². The van der Waals surface area contributed by atoms with Crippen LogP contribution in [0.3, 0.4) is 0 Å². The van der Waals surface area contributed by atoms with Gasteiger partial charge in [-0.15, -0.1) is 0 Å². The number of carbonyl (C=O) groups excluding carboxylic acids is 1. The number of halogens is 2. The molecule has 2 aromatic carbocycles. The second kappa shape index (κ2) is 9.75. The van der Waals surface area contributed by atoms with Gasteiger partial charge in [0.05, 0.1) is 17.5 Å². The minimum Gasteiger partial charge on any atom is -0.393 e. The molecule has 168 valence electrons.